The fourth-order valence-corrected chi connectivity index (χ4v) is 2.73. The Balaban J connectivity index is 1.93. The van der Waals surface area contributed by atoms with Crippen molar-refractivity contribution in [3.05, 3.63) is 47.2 Å². The zero-order valence-corrected chi connectivity index (χ0v) is 12.0. The second-order valence-corrected chi connectivity index (χ2v) is 5.25. The van der Waals surface area contributed by atoms with Gasteiger partial charge in [0.1, 0.15) is 0 Å². The lowest BCUT2D eigenvalue weighted by Crippen LogP contribution is -2.40. The Morgan fingerprint density at radius 1 is 1.38 bits per heavy atom. The van der Waals surface area contributed by atoms with Gasteiger partial charge in [0.25, 0.3) is 0 Å². The molecule has 1 aromatic carbocycles. The highest BCUT2D eigenvalue weighted by Crippen LogP contribution is 2.32. The van der Waals surface area contributed by atoms with Gasteiger partial charge in [-0.05, 0) is 17.5 Å². The molecule has 0 saturated carbocycles. The lowest BCUT2D eigenvalue weighted by molar-refractivity contribution is -0.120. The third kappa shape index (κ3) is 2.80. The fourth-order valence-electron chi connectivity index (χ4n) is 2.73. The summed E-state index contributed by atoms with van der Waals surface area (Å²) in [5, 5.41) is 8.15. The molecule has 2 aromatic rings. The van der Waals surface area contributed by atoms with Crippen LogP contribution in [-0.2, 0) is 24.2 Å². The molecular formula is C15H18N4O2. The van der Waals surface area contributed by atoms with Gasteiger partial charge in [-0.2, -0.15) is 0 Å². The molecule has 0 spiro atoms. The van der Waals surface area contributed by atoms with Crippen molar-refractivity contribution in [2.75, 3.05) is 6.54 Å². The van der Waals surface area contributed by atoms with Crippen molar-refractivity contribution in [3.8, 4) is 0 Å². The van der Waals surface area contributed by atoms with Crippen LogP contribution in [0.2, 0.25) is 0 Å². The minimum atomic E-state index is -0.352. The van der Waals surface area contributed by atoms with E-state index in [4.69, 9.17) is 10.2 Å². The Kier molecular flexibility index (Phi) is 3.70. The zero-order valence-electron chi connectivity index (χ0n) is 12.0. The first-order chi connectivity index (χ1) is 10.2. The molecule has 6 nitrogen and oxygen atoms in total. The van der Waals surface area contributed by atoms with Crippen LogP contribution in [0.4, 0.5) is 0 Å². The fraction of sp³-hybridized carbons (Fsp3) is 0.400. The molecule has 1 amide bonds. The molecule has 110 valence electrons. The highest BCUT2D eigenvalue weighted by molar-refractivity contribution is 5.76. The number of carbonyl (C=O) groups excluding carboxylic acids is 1. The Morgan fingerprint density at radius 2 is 2.14 bits per heavy atom. The van der Waals surface area contributed by atoms with Gasteiger partial charge in [-0.3, -0.25) is 9.69 Å². The Bertz CT molecular complexity index is 653. The maximum absolute atomic E-state index is 11.3. The molecule has 0 bridgehead atoms. The van der Waals surface area contributed by atoms with Crippen LogP contribution in [0, 0.1) is 0 Å². The van der Waals surface area contributed by atoms with Crippen LogP contribution in [0.15, 0.2) is 28.7 Å². The van der Waals surface area contributed by atoms with Gasteiger partial charge in [0, 0.05) is 13.0 Å². The SMILES string of the molecule is CCc1nnc([C@@H]2Cc3ccccc3CN2CC(N)=O)o1. The molecule has 21 heavy (non-hydrogen) atoms. The number of hydrogen-bond donors (Lipinski definition) is 1. The van der Waals surface area contributed by atoms with Crippen molar-refractivity contribution in [1.82, 2.24) is 15.1 Å². The van der Waals surface area contributed by atoms with Gasteiger partial charge < -0.3 is 10.2 Å². The maximum Gasteiger partial charge on any atom is 0.233 e. The van der Waals surface area contributed by atoms with Crippen LogP contribution in [0.1, 0.15) is 35.9 Å². The second kappa shape index (κ2) is 5.65. The summed E-state index contributed by atoms with van der Waals surface area (Å²) < 4.78 is 5.68. The first kappa shape index (κ1) is 13.8. The average Bonchev–Trinajstić information content (AvgIpc) is 2.94. The van der Waals surface area contributed by atoms with Crippen LogP contribution in [0.3, 0.4) is 0 Å². The van der Waals surface area contributed by atoms with Crippen molar-refractivity contribution in [2.45, 2.75) is 32.4 Å². The van der Waals surface area contributed by atoms with Gasteiger partial charge >= 0.3 is 0 Å². The number of aromatic nitrogens is 2. The van der Waals surface area contributed by atoms with Crippen molar-refractivity contribution in [1.29, 1.82) is 0 Å². The van der Waals surface area contributed by atoms with Crippen molar-refractivity contribution in [3.63, 3.8) is 0 Å². The van der Waals surface area contributed by atoms with Crippen LogP contribution in [0.5, 0.6) is 0 Å². The minimum absolute atomic E-state index is 0.0970. The van der Waals surface area contributed by atoms with Gasteiger partial charge in [-0.15, -0.1) is 10.2 Å². The first-order valence-electron chi connectivity index (χ1n) is 7.08. The van der Waals surface area contributed by atoms with Gasteiger partial charge in [0.2, 0.25) is 17.7 Å². The van der Waals surface area contributed by atoms with Gasteiger partial charge in [0.15, 0.2) is 0 Å². The number of primary amides is 1. The molecule has 1 aliphatic rings. The van der Waals surface area contributed by atoms with E-state index in [0.717, 1.165) is 6.42 Å². The third-order valence-corrected chi connectivity index (χ3v) is 3.77. The summed E-state index contributed by atoms with van der Waals surface area (Å²) in [7, 11) is 0. The molecule has 0 saturated heterocycles. The third-order valence-electron chi connectivity index (χ3n) is 3.77. The molecule has 0 unspecified atom stereocenters. The summed E-state index contributed by atoms with van der Waals surface area (Å²) >= 11 is 0. The van der Waals surface area contributed by atoms with Gasteiger partial charge in [-0.1, -0.05) is 31.2 Å². The molecule has 0 aliphatic carbocycles. The summed E-state index contributed by atoms with van der Waals surface area (Å²) in [5.41, 5.74) is 7.83. The van der Waals surface area contributed by atoms with Gasteiger partial charge in [-0.25, -0.2) is 0 Å². The number of carbonyl (C=O) groups is 1. The number of fused-ring (bicyclic) bond motifs is 1. The van der Waals surface area contributed by atoms with E-state index >= 15 is 0 Å². The van der Waals surface area contributed by atoms with Crippen LogP contribution >= 0.6 is 0 Å². The average molecular weight is 286 g/mol. The number of aryl methyl sites for hydroxylation is 1. The second-order valence-electron chi connectivity index (χ2n) is 5.25. The van der Waals surface area contributed by atoms with E-state index in [1.165, 1.54) is 11.1 Å². The molecule has 1 aliphatic heterocycles. The molecule has 2 heterocycles. The highest BCUT2D eigenvalue weighted by atomic mass is 16.4. The summed E-state index contributed by atoms with van der Waals surface area (Å²) in [6.45, 7) is 2.81. The van der Waals surface area contributed by atoms with E-state index in [-0.39, 0.29) is 18.5 Å². The van der Waals surface area contributed by atoms with Crippen molar-refractivity contribution < 1.29 is 9.21 Å². The molecule has 6 heteroatoms. The minimum Gasteiger partial charge on any atom is -0.424 e. The van der Waals surface area contributed by atoms with Crippen LogP contribution in [-0.4, -0.2) is 27.5 Å². The Morgan fingerprint density at radius 3 is 2.81 bits per heavy atom. The molecule has 0 radical (unpaired) electrons. The molecule has 1 aromatic heterocycles. The molecule has 0 fully saturated rings. The summed E-state index contributed by atoms with van der Waals surface area (Å²) in [4.78, 5) is 13.3. The van der Waals surface area contributed by atoms with Crippen LogP contribution < -0.4 is 5.73 Å². The van der Waals surface area contributed by atoms with Crippen molar-refractivity contribution >= 4 is 5.91 Å². The topological polar surface area (TPSA) is 85.3 Å². The Hall–Kier alpha value is -2.21. The van der Waals surface area contributed by atoms with E-state index in [9.17, 15) is 4.79 Å². The standard InChI is InChI=1S/C15H18N4O2/c1-2-14-17-18-15(21-14)12-7-10-5-3-4-6-11(10)8-19(12)9-13(16)20/h3-6,12H,2,7-9H2,1H3,(H2,16,20)/t12-/m0/s1. The number of rotatable bonds is 4. The normalized spacial score (nSPS) is 18.4. The number of amides is 1. The van der Waals surface area contributed by atoms with E-state index in [2.05, 4.69) is 22.3 Å². The van der Waals surface area contributed by atoms with Gasteiger partial charge in [0.05, 0.1) is 12.6 Å². The molecule has 2 N–H and O–H groups in total. The lowest BCUT2D eigenvalue weighted by Gasteiger charge is -2.33. The van der Waals surface area contributed by atoms with E-state index < -0.39 is 0 Å². The Labute approximate surface area is 123 Å². The zero-order chi connectivity index (χ0) is 14.8. The predicted octanol–water partition coefficient (Wildman–Crippen LogP) is 1.22. The quantitative estimate of drug-likeness (QED) is 0.913. The summed E-state index contributed by atoms with van der Waals surface area (Å²) in [6, 6.07) is 8.10. The molecule has 1 atom stereocenters. The molecule has 3 rings (SSSR count). The van der Waals surface area contributed by atoms with Crippen LogP contribution in [0.25, 0.3) is 0 Å². The number of benzene rings is 1. The van der Waals surface area contributed by atoms with E-state index in [1.54, 1.807) is 0 Å². The number of nitrogens with two attached hydrogens (primary N) is 1. The van der Waals surface area contributed by atoms with E-state index in [0.29, 0.717) is 24.7 Å². The monoisotopic (exact) mass is 286 g/mol. The lowest BCUT2D eigenvalue weighted by atomic mass is 9.94. The van der Waals surface area contributed by atoms with Crippen molar-refractivity contribution in [2.24, 2.45) is 5.73 Å². The number of hydrogen-bond acceptors (Lipinski definition) is 5. The summed E-state index contributed by atoms with van der Waals surface area (Å²) in [5.74, 6) is 0.820. The number of nitrogens with zero attached hydrogens (tertiary/aromatic N) is 3. The smallest absolute Gasteiger partial charge is 0.233 e. The highest BCUT2D eigenvalue weighted by Gasteiger charge is 2.31. The largest absolute Gasteiger partial charge is 0.424 e. The first-order valence-corrected chi connectivity index (χ1v) is 7.08. The summed E-state index contributed by atoms with van der Waals surface area (Å²) in [6.07, 6.45) is 1.45. The predicted molar refractivity (Wildman–Crippen MR) is 76.2 cm³/mol. The molecular weight excluding hydrogens is 268 g/mol. The maximum atomic E-state index is 11.3. The van der Waals surface area contributed by atoms with E-state index in [1.807, 2.05) is 24.0 Å².